The van der Waals surface area contributed by atoms with Gasteiger partial charge >= 0.3 is 6.03 Å². The van der Waals surface area contributed by atoms with E-state index < -0.39 is 0 Å². The highest BCUT2D eigenvalue weighted by Crippen LogP contribution is 2.38. The zero-order chi connectivity index (χ0) is 16.2. The molecule has 1 aliphatic heterocycles. The quantitative estimate of drug-likeness (QED) is 0.930. The Labute approximate surface area is 139 Å². The Hall–Kier alpha value is -2.28. The molecule has 23 heavy (non-hydrogen) atoms. The van der Waals surface area contributed by atoms with E-state index in [1.165, 1.54) is 11.3 Å². The SMILES string of the molecule is COc1ccc(C2CCCN2C(=O)Nc2nccs2)c(OC)c1. The van der Waals surface area contributed by atoms with Crippen molar-refractivity contribution < 1.29 is 14.3 Å². The summed E-state index contributed by atoms with van der Waals surface area (Å²) in [6.45, 7) is 0.719. The van der Waals surface area contributed by atoms with Crippen LogP contribution in [0.2, 0.25) is 0 Å². The van der Waals surface area contributed by atoms with Crippen molar-refractivity contribution in [3.8, 4) is 11.5 Å². The minimum Gasteiger partial charge on any atom is -0.497 e. The Kier molecular flexibility index (Phi) is 4.66. The number of thiazole rings is 1. The van der Waals surface area contributed by atoms with Crippen molar-refractivity contribution in [3.05, 3.63) is 35.3 Å². The first-order chi connectivity index (χ1) is 11.2. The predicted octanol–water partition coefficient (Wildman–Crippen LogP) is 3.53. The summed E-state index contributed by atoms with van der Waals surface area (Å²) in [5.74, 6) is 1.48. The van der Waals surface area contributed by atoms with E-state index >= 15 is 0 Å². The molecule has 6 nitrogen and oxygen atoms in total. The van der Waals surface area contributed by atoms with Crippen LogP contribution < -0.4 is 14.8 Å². The zero-order valence-electron chi connectivity index (χ0n) is 13.1. The molecule has 2 heterocycles. The van der Waals surface area contributed by atoms with E-state index in [0.717, 1.165) is 36.4 Å². The molecule has 1 atom stereocenters. The molecule has 1 saturated heterocycles. The van der Waals surface area contributed by atoms with Crippen LogP contribution in [0.3, 0.4) is 0 Å². The molecule has 1 aromatic heterocycles. The largest absolute Gasteiger partial charge is 0.497 e. The summed E-state index contributed by atoms with van der Waals surface area (Å²) in [5, 5.41) is 5.30. The van der Waals surface area contributed by atoms with E-state index in [4.69, 9.17) is 9.47 Å². The first-order valence-corrected chi connectivity index (χ1v) is 8.30. The predicted molar refractivity (Wildman–Crippen MR) is 89.4 cm³/mol. The lowest BCUT2D eigenvalue weighted by Gasteiger charge is -2.26. The van der Waals surface area contributed by atoms with Gasteiger partial charge in [0.15, 0.2) is 5.13 Å². The Morgan fingerprint density at radius 2 is 2.26 bits per heavy atom. The van der Waals surface area contributed by atoms with Gasteiger partial charge in [-0.25, -0.2) is 9.78 Å². The second kappa shape index (κ2) is 6.87. The van der Waals surface area contributed by atoms with Crippen LogP contribution in [0.4, 0.5) is 9.93 Å². The average Bonchev–Trinajstić information content (AvgIpc) is 3.25. The standard InChI is InChI=1S/C16H19N3O3S/c1-21-11-5-6-12(14(10-11)22-2)13-4-3-8-19(13)16(20)18-15-17-7-9-23-15/h5-7,9-10,13H,3-4,8H2,1-2H3,(H,17,18,20). The molecule has 1 unspecified atom stereocenters. The minimum absolute atomic E-state index is 0.00387. The third-order valence-electron chi connectivity index (χ3n) is 3.96. The molecule has 3 rings (SSSR count). The number of methoxy groups -OCH3 is 2. The lowest BCUT2D eigenvalue weighted by molar-refractivity contribution is 0.206. The molecule has 0 saturated carbocycles. The number of rotatable bonds is 4. The van der Waals surface area contributed by atoms with Gasteiger partial charge in [-0.15, -0.1) is 11.3 Å². The second-order valence-electron chi connectivity index (χ2n) is 5.23. The van der Waals surface area contributed by atoms with Gasteiger partial charge in [-0.1, -0.05) is 0 Å². The van der Waals surface area contributed by atoms with Crippen LogP contribution in [0.5, 0.6) is 11.5 Å². The Bertz CT molecular complexity index is 675. The summed E-state index contributed by atoms with van der Waals surface area (Å²) in [6.07, 6.45) is 3.55. The highest BCUT2D eigenvalue weighted by molar-refractivity contribution is 7.13. The van der Waals surface area contributed by atoms with Crippen LogP contribution in [-0.4, -0.2) is 36.7 Å². The van der Waals surface area contributed by atoms with Crippen LogP contribution in [0.25, 0.3) is 0 Å². The van der Waals surface area contributed by atoms with Crippen LogP contribution in [0.15, 0.2) is 29.8 Å². The van der Waals surface area contributed by atoms with Crippen molar-refractivity contribution in [2.45, 2.75) is 18.9 Å². The topological polar surface area (TPSA) is 63.7 Å². The van der Waals surface area contributed by atoms with E-state index in [0.29, 0.717) is 5.13 Å². The maximum Gasteiger partial charge on any atom is 0.324 e. The number of carbonyl (C=O) groups is 1. The van der Waals surface area contributed by atoms with Crippen LogP contribution >= 0.6 is 11.3 Å². The van der Waals surface area contributed by atoms with E-state index in [2.05, 4.69) is 10.3 Å². The fourth-order valence-electron chi connectivity index (χ4n) is 2.88. The first-order valence-electron chi connectivity index (χ1n) is 7.42. The Morgan fingerprint density at radius 3 is 2.96 bits per heavy atom. The van der Waals surface area contributed by atoms with E-state index in [1.54, 1.807) is 20.4 Å². The molecule has 122 valence electrons. The molecule has 2 aromatic rings. The third kappa shape index (κ3) is 3.24. The van der Waals surface area contributed by atoms with Crippen molar-refractivity contribution in [2.24, 2.45) is 0 Å². The molecule has 0 aliphatic carbocycles. The zero-order valence-corrected chi connectivity index (χ0v) is 13.9. The third-order valence-corrected chi connectivity index (χ3v) is 4.65. The van der Waals surface area contributed by atoms with Gasteiger partial charge in [0.05, 0.1) is 20.3 Å². The Balaban J connectivity index is 1.82. The molecule has 0 radical (unpaired) electrons. The highest BCUT2D eigenvalue weighted by atomic mass is 32.1. The number of hydrogen-bond donors (Lipinski definition) is 1. The summed E-state index contributed by atoms with van der Waals surface area (Å²) < 4.78 is 10.7. The number of benzene rings is 1. The number of nitrogens with one attached hydrogen (secondary N) is 1. The van der Waals surface area contributed by atoms with Gasteiger partial charge in [0.1, 0.15) is 11.5 Å². The number of urea groups is 1. The van der Waals surface area contributed by atoms with Crippen molar-refractivity contribution in [1.29, 1.82) is 0 Å². The van der Waals surface area contributed by atoms with Gasteiger partial charge in [0, 0.05) is 29.8 Å². The molecule has 0 spiro atoms. The van der Waals surface area contributed by atoms with E-state index in [-0.39, 0.29) is 12.1 Å². The van der Waals surface area contributed by atoms with Crippen molar-refractivity contribution in [3.63, 3.8) is 0 Å². The molecule has 2 amide bonds. The lowest BCUT2D eigenvalue weighted by atomic mass is 10.0. The number of anilines is 1. The van der Waals surface area contributed by atoms with Crippen LogP contribution in [0, 0.1) is 0 Å². The fourth-order valence-corrected chi connectivity index (χ4v) is 3.39. The summed E-state index contributed by atoms with van der Waals surface area (Å²) in [7, 11) is 3.25. The van der Waals surface area contributed by atoms with Crippen molar-refractivity contribution in [1.82, 2.24) is 9.88 Å². The lowest BCUT2D eigenvalue weighted by Crippen LogP contribution is -2.34. The molecule has 1 aromatic carbocycles. The van der Waals surface area contributed by atoms with Gasteiger partial charge in [-0.3, -0.25) is 5.32 Å². The molecular weight excluding hydrogens is 314 g/mol. The van der Waals surface area contributed by atoms with Gasteiger partial charge in [0.2, 0.25) is 0 Å². The normalized spacial score (nSPS) is 17.1. The average molecular weight is 333 g/mol. The number of hydrogen-bond acceptors (Lipinski definition) is 5. The number of likely N-dealkylation sites (tertiary alicyclic amines) is 1. The monoisotopic (exact) mass is 333 g/mol. The number of amides is 2. The molecule has 0 bridgehead atoms. The van der Waals surface area contributed by atoms with Crippen molar-refractivity contribution >= 4 is 22.5 Å². The summed E-state index contributed by atoms with van der Waals surface area (Å²) in [5.41, 5.74) is 1.00. The molecule has 7 heteroatoms. The maximum atomic E-state index is 12.5. The van der Waals surface area contributed by atoms with E-state index in [9.17, 15) is 4.79 Å². The van der Waals surface area contributed by atoms with E-state index in [1.807, 2.05) is 28.5 Å². The van der Waals surface area contributed by atoms with Gasteiger partial charge in [-0.05, 0) is 25.0 Å². The molecule has 1 N–H and O–H groups in total. The molecule has 1 fully saturated rings. The van der Waals surface area contributed by atoms with Gasteiger partial charge < -0.3 is 14.4 Å². The highest BCUT2D eigenvalue weighted by Gasteiger charge is 2.32. The number of ether oxygens (including phenoxy) is 2. The molecular formula is C16H19N3O3S. The summed E-state index contributed by atoms with van der Waals surface area (Å²) in [4.78, 5) is 18.5. The van der Waals surface area contributed by atoms with Gasteiger partial charge in [0.25, 0.3) is 0 Å². The summed E-state index contributed by atoms with van der Waals surface area (Å²) >= 11 is 1.41. The number of carbonyl (C=O) groups excluding carboxylic acids is 1. The second-order valence-corrected chi connectivity index (χ2v) is 6.12. The summed E-state index contributed by atoms with van der Waals surface area (Å²) in [6, 6.07) is 5.59. The maximum absolute atomic E-state index is 12.5. The van der Waals surface area contributed by atoms with Gasteiger partial charge in [-0.2, -0.15) is 0 Å². The minimum atomic E-state index is -0.125. The first kappa shape index (κ1) is 15.6. The van der Waals surface area contributed by atoms with Crippen molar-refractivity contribution in [2.75, 3.05) is 26.1 Å². The Morgan fingerprint density at radius 1 is 1.39 bits per heavy atom. The smallest absolute Gasteiger partial charge is 0.324 e. The number of nitrogens with zero attached hydrogens (tertiary/aromatic N) is 2. The van der Waals surface area contributed by atoms with Crippen LogP contribution in [0.1, 0.15) is 24.4 Å². The molecule has 1 aliphatic rings. The van der Waals surface area contributed by atoms with Crippen LogP contribution in [-0.2, 0) is 0 Å². The number of aromatic nitrogens is 1. The fraction of sp³-hybridized carbons (Fsp3) is 0.375.